The van der Waals surface area contributed by atoms with E-state index in [1.807, 2.05) is 0 Å². The van der Waals surface area contributed by atoms with Crippen molar-refractivity contribution in [2.75, 3.05) is 12.0 Å². The van der Waals surface area contributed by atoms with Crippen LogP contribution >= 0.6 is 0 Å². The molecule has 0 N–H and O–H groups in total. The predicted molar refractivity (Wildman–Crippen MR) is 32.4 cm³/mol. The third-order valence-electron chi connectivity index (χ3n) is 0.572. The number of hydrogen-bond donors (Lipinski definition) is 0. The lowest BCUT2D eigenvalue weighted by atomic mass is 10.5. The molecule has 0 aliphatic heterocycles. The van der Waals surface area contributed by atoms with Gasteiger partial charge < -0.3 is 4.55 Å². The molecule has 0 rings (SSSR count). The second-order valence-electron chi connectivity index (χ2n) is 1.30. The van der Waals surface area contributed by atoms with Crippen LogP contribution in [0.1, 0.15) is 6.42 Å². The molecule has 0 spiro atoms. The van der Waals surface area contributed by atoms with E-state index in [0.29, 0.717) is 5.75 Å². The summed E-state index contributed by atoms with van der Waals surface area (Å²) in [5.74, 6) is 0.691. The third-order valence-corrected chi connectivity index (χ3v) is 1.38. The van der Waals surface area contributed by atoms with E-state index in [4.69, 9.17) is 6.58 Å². The van der Waals surface area contributed by atoms with Crippen molar-refractivity contribution in [2.24, 2.45) is 0 Å². The van der Waals surface area contributed by atoms with E-state index in [-0.39, 0.29) is 0 Å². The summed E-state index contributed by atoms with van der Waals surface area (Å²) in [5, 5.41) is 0. The first-order valence-corrected chi connectivity index (χ1v) is 3.83. The fourth-order valence-electron chi connectivity index (χ4n) is 0.234. The summed E-state index contributed by atoms with van der Waals surface area (Å²) >= 11 is -0.677. The number of hydrogen-bond acceptors (Lipinski definition) is 1. The van der Waals surface area contributed by atoms with Crippen molar-refractivity contribution >= 4 is 11.2 Å². The molecule has 0 aromatic heterocycles. The molecule has 7 heavy (non-hydrogen) atoms. The maximum Gasteiger partial charge on any atom is 0.108 e. The van der Waals surface area contributed by atoms with Crippen LogP contribution in [-0.4, -0.2) is 16.6 Å². The molecule has 0 fully saturated rings. The molecule has 41 valence electrons. The van der Waals surface area contributed by atoms with Crippen molar-refractivity contribution in [1.82, 2.24) is 0 Å². The summed E-state index contributed by atoms with van der Waals surface area (Å²) in [6.07, 6.45) is 3.95. The highest BCUT2D eigenvalue weighted by Gasteiger charge is 1.89. The van der Waals surface area contributed by atoms with Crippen molar-refractivity contribution in [3.63, 3.8) is 0 Å². The maximum atomic E-state index is 10.2. The highest BCUT2D eigenvalue weighted by Crippen LogP contribution is 1.86. The quantitative estimate of drug-likeness (QED) is 0.500. The Hall–Kier alpha value is 0.0500. The Bertz CT molecular complexity index is 52.0. The lowest BCUT2D eigenvalue weighted by molar-refractivity contribution is 0.600. The molecule has 0 aromatic carbocycles. The van der Waals surface area contributed by atoms with Crippen LogP contribution in [0.5, 0.6) is 0 Å². The number of allylic oxidation sites excluding steroid dienone is 1. The van der Waals surface area contributed by atoms with Gasteiger partial charge in [-0.05, 0) is 0 Å². The van der Waals surface area contributed by atoms with Gasteiger partial charge in [0.2, 0.25) is 0 Å². The molecule has 0 saturated heterocycles. The highest BCUT2D eigenvalue weighted by molar-refractivity contribution is 7.90. The number of rotatable bonds is 3. The normalized spacial score (nSPS) is 13.4. The van der Waals surface area contributed by atoms with E-state index >= 15 is 0 Å². The zero-order valence-electron chi connectivity index (χ0n) is 4.39. The van der Waals surface area contributed by atoms with E-state index in [0.717, 1.165) is 6.42 Å². The molecule has 0 amide bonds. The largest absolute Gasteiger partial charge is 0.617 e. The van der Waals surface area contributed by atoms with Gasteiger partial charge in [0, 0.05) is 6.42 Å². The van der Waals surface area contributed by atoms with Gasteiger partial charge in [-0.1, -0.05) is 23.8 Å². The van der Waals surface area contributed by atoms with Gasteiger partial charge >= 0.3 is 0 Å². The first-order chi connectivity index (χ1) is 3.27. The summed E-state index contributed by atoms with van der Waals surface area (Å²) in [4.78, 5) is 0. The summed E-state index contributed by atoms with van der Waals surface area (Å²) in [7, 11) is 0. The van der Waals surface area contributed by atoms with Crippen molar-refractivity contribution in [1.29, 1.82) is 0 Å². The van der Waals surface area contributed by atoms with Crippen molar-refractivity contribution < 1.29 is 4.55 Å². The lowest BCUT2D eigenvalue weighted by Gasteiger charge is -1.99. The van der Waals surface area contributed by atoms with Gasteiger partial charge in [0.1, 0.15) is 5.75 Å². The average molecular weight is 117 g/mol. The molecule has 0 bridgehead atoms. The summed E-state index contributed by atoms with van der Waals surface area (Å²) < 4.78 is 10.2. The zero-order valence-corrected chi connectivity index (χ0v) is 5.20. The SMILES string of the molecule is [CH]=CCC[S+](C)[O-]. The van der Waals surface area contributed by atoms with Crippen LogP contribution < -0.4 is 0 Å². The highest BCUT2D eigenvalue weighted by atomic mass is 32.2. The van der Waals surface area contributed by atoms with Gasteiger partial charge in [-0.15, -0.1) is 0 Å². The van der Waals surface area contributed by atoms with Crippen LogP contribution in [0.2, 0.25) is 0 Å². The molecular weight excluding hydrogens is 108 g/mol. The summed E-state index contributed by atoms with van der Waals surface area (Å²) in [6.45, 7) is 5.02. The average Bonchev–Trinajstić information content (AvgIpc) is 1.61. The van der Waals surface area contributed by atoms with E-state index in [2.05, 4.69) is 0 Å². The molecular formula is C5H9OS. The Balaban J connectivity index is 2.81. The minimum absolute atomic E-state index is 0.677. The Labute approximate surface area is 47.6 Å². The molecule has 1 nitrogen and oxygen atoms in total. The maximum absolute atomic E-state index is 10.2. The van der Waals surface area contributed by atoms with E-state index < -0.39 is 11.2 Å². The fourth-order valence-corrected chi connectivity index (χ4v) is 0.702. The van der Waals surface area contributed by atoms with Crippen LogP contribution in [0, 0.1) is 6.58 Å². The monoisotopic (exact) mass is 117 g/mol. The molecule has 1 atom stereocenters. The smallest absolute Gasteiger partial charge is 0.108 e. The van der Waals surface area contributed by atoms with Gasteiger partial charge in [0.25, 0.3) is 0 Å². The Morgan fingerprint density at radius 2 is 2.43 bits per heavy atom. The van der Waals surface area contributed by atoms with Crippen LogP contribution in [0.25, 0.3) is 0 Å². The van der Waals surface area contributed by atoms with Crippen LogP contribution in [0.15, 0.2) is 6.08 Å². The molecule has 0 saturated carbocycles. The molecule has 1 unspecified atom stereocenters. The van der Waals surface area contributed by atoms with Gasteiger partial charge in [0.15, 0.2) is 0 Å². The molecule has 0 aromatic rings. The molecule has 2 heteroatoms. The molecule has 0 aliphatic carbocycles. The molecule has 1 radical (unpaired) electrons. The van der Waals surface area contributed by atoms with Crippen LogP contribution in [0.4, 0.5) is 0 Å². The Morgan fingerprint density at radius 3 is 2.57 bits per heavy atom. The standard InChI is InChI=1S/C5H9OS/c1-3-4-5-7(2)6/h1,3H,4-5H2,2H3. The van der Waals surface area contributed by atoms with E-state index in [9.17, 15) is 4.55 Å². The molecule has 0 heterocycles. The first-order valence-electron chi connectivity index (χ1n) is 2.11. The first kappa shape index (κ1) is 7.05. The summed E-state index contributed by atoms with van der Waals surface area (Å²) in [6, 6.07) is 0. The van der Waals surface area contributed by atoms with Gasteiger partial charge in [-0.25, -0.2) is 0 Å². The fraction of sp³-hybridized carbons (Fsp3) is 0.600. The van der Waals surface area contributed by atoms with Crippen LogP contribution in [0.3, 0.4) is 0 Å². The third kappa shape index (κ3) is 6.05. The Morgan fingerprint density at radius 1 is 1.86 bits per heavy atom. The van der Waals surface area contributed by atoms with Gasteiger partial charge in [-0.2, -0.15) is 0 Å². The topological polar surface area (TPSA) is 23.1 Å². The van der Waals surface area contributed by atoms with Crippen molar-refractivity contribution in [2.45, 2.75) is 6.42 Å². The minimum atomic E-state index is -0.677. The second kappa shape index (κ2) is 4.22. The van der Waals surface area contributed by atoms with Crippen LogP contribution in [-0.2, 0) is 11.2 Å². The van der Waals surface area contributed by atoms with E-state index in [1.165, 1.54) is 6.08 Å². The Kier molecular flexibility index (Phi) is 4.25. The van der Waals surface area contributed by atoms with Gasteiger partial charge in [0.05, 0.1) is 6.26 Å². The molecule has 0 aliphatic rings. The van der Waals surface area contributed by atoms with Gasteiger partial charge in [-0.3, -0.25) is 0 Å². The second-order valence-corrected chi connectivity index (χ2v) is 2.86. The van der Waals surface area contributed by atoms with Crippen molar-refractivity contribution in [3.05, 3.63) is 12.7 Å². The van der Waals surface area contributed by atoms with E-state index in [1.54, 1.807) is 6.26 Å². The summed E-state index contributed by atoms with van der Waals surface area (Å²) in [5.41, 5.74) is 0. The minimum Gasteiger partial charge on any atom is -0.617 e. The van der Waals surface area contributed by atoms with Crippen molar-refractivity contribution in [3.8, 4) is 0 Å². The zero-order chi connectivity index (χ0) is 5.70. The lowest BCUT2D eigenvalue weighted by Crippen LogP contribution is -2.00. The predicted octanol–water partition coefficient (Wildman–Crippen LogP) is 0.744.